The zero-order chi connectivity index (χ0) is 13.3. The second-order valence-corrected chi connectivity index (χ2v) is 5.20. The molecule has 0 aliphatic carbocycles. The average molecular weight is 337 g/mol. The first-order valence-corrected chi connectivity index (χ1v) is 6.90. The molecule has 0 aliphatic heterocycles. The molecule has 0 bridgehead atoms. The van der Waals surface area contributed by atoms with Crippen molar-refractivity contribution in [3.63, 3.8) is 0 Å². The van der Waals surface area contributed by atoms with Crippen molar-refractivity contribution >= 4 is 27.7 Å². The van der Waals surface area contributed by atoms with E-state index in [9.17, 15) is 13.2 Å². The highest BCUT2D eigenvalue weighted by atomic mass is 79.9. The number of hydrogen-bond acceptors (Lipinski definition) is 2. The average Bonchev–Trinajstić information content (AvgIpc) is 2.72. The minimum atomic E-state index is -4.43. The van der Waals surface area contributed by atoms with Crippen LogP contribution in [0.15, 0.2) is 33.8 Å². The molecule has 0 aliphatic rings. The number of H-pyrrole nitrogens is 1. The molecule has 0 saturated heterocycles. The lowest BCUT2D eigenvalue weighted by molar-refractivity contribution is -0.139. The lowest BCUT2D eigenvalue weighted by Gasteiger charge is -2.09. The Morgan fingerprint density at radius 3 is 2.61 bits per heavy atom. The van der Waals surface area contributed by atoms with Crippen LogP contribution in [-0.4, -0.2) is 16.5 Å². The third-order valence-corrected chi connectivity index (χ3v) is 3.50. The van der Waals surface area contributed by atoms with Crippen molar-refractivity contribution in [2.24, 2.45) is 0 Å². The van der Waals surface area contributed by atoms with E-state index in [0.717, 1.165) is 11.8 Å². The number of nitrogens with one attached hydrogen (secondary N) is 1. The first kappa shape index (κ1) is 13.5. The molecular weight excluding hydrogens is 329 g/mol. The highest BCUT2D eigenvalue weighted by Crippen LogP contribution is 2.41. The van der Waals surface area contributed by atoms with Crippen molar-refractivity contribution < 1.29 is 13.2 Å². The summed E-state index contributed by atoms with van der Waals surface area (Å²) in [4.78, 5) is 0. The number of aromatic nitrogens is 2. The number of aromatic amines is 1. The van der Waals surface area contributed by atoms with Gasteiger partial charge in [-0.15, -0.1) is 11.8 Å². The summed E-state index contributed by atoms with van der Waals surface area (Å²) in [6.07, 6.45) is -2.86. The second kappa shape index (κ2) is 4.97. The first-order valence-electron chi connectivity index (χ1n) is 4.89. The van der Waals surface area contributed by atoms with E-state index in [0.29, 0.717) is 10.0 Å². The quantitative estimate of drug-likeness (QED) is 0.813. The summed E-state index contributed by atoms with van der Waals surface area (Å²) >= 11 is 4.21. The molecule has 1 heterocycles. The molecule has 18 heavy (non-hydrogen) atoms. The molecule has 0 saturated carbocycles. The Hall–Kier alpha value is -0.950. The van der Waals surface area contributed by atoms with Gasteiger partial charge in [0.15, 0.2) is 0 Å². The Bertz CT molecular complexity index is 566. The second-order valence-electron chi connectivity index (χ2n) is 3.49. The largest absolute Gasteiger partial charge is 0.421 e. The maximum absolute atomic E-state index is 13.0. The first-order chi connectivity index (χ1) is 8.43. The Morgan fingerprint density at radius 1 is 1.33 bits per heavy atom. The van der Waals surface area contributed by atoms with E-state index in [1.807, 2.05) is 0 Å². The van der Waals surface area contributed by atoms with E-state index in [2.05, 4.69) is 26.1 Å². The smallest absolute Gasteiger partial charge is 0.276 e. The van der Waals surface area contributed by atoms with Gasteiger partial charge in [0.2, 0.25) is 0 Å². The van der Waals surface area contributed by atoms with E-state index in [4.69, 9.17) is 0 Å². The molecule has 2 nitrogen and oxygen atoms in total. The summed E-state index contributed by atoms with van der Waals surface area (Å²) in [5.41, 5.74) is -0.272. The SMILES string of the molecule is CSc1n[nH]c(-c2cccc(Br)c2)c1C(F)(F)F. The van der Waals surface area contributed by atoms with Crippen molar-refractivity contribution in [2.45, 2.75) is 11.2 Å². The molecule has 96 valence electrons. The fraction of sp³-hybridized carbons (Fsp3) is 0.182. The van der Waals surface area contributed by atoms with Crippen molar-refractivity contribution in [1.29, 1.82) is 0 Å². The maximum Gasteiger partial charge on any atom is 0.421 e. The van der Waals surface area contributed by atoms with Gasteiger partial charge in [-0.3, -0.25) is 5.10 Å². The van der Waals surface area contributed by atoms with Crippen LogP contribution in [0.5, 0.6) is 0 Å². The van der Waals surface area contributed by atoms with Gasteiger partial charge in [0.05, 0.1) is 5.69 Å². The summed E-state index contributed by atoms with van der Waals surface area (Å²) in [7, 11) is 0. The standard InChI is InChI=1S/C11H8BrF3N2S/c1-18-10-8(11(13,14)15)9(16-17-10)6-3-2-4-7(12)5-6/h2-5H,1H3,(H,16,17). The van der Waals surface area contributed by atoms with Crippen LogP contribution in [0.25, 0.3) is 11.3 Å². The highest BCUT2D eigenvalue weighted by molar-refractivity contribution is 9.10. The molecule has 0 atom stereocenters. The van der Waals surface area contributed by atoms with Gasteiger partial charge >= 0.3 is 6.18 Å². The molecule has 1 N–H and O–H groups in total. The van der Waals surface area contributed by atoms with E-state index >= 15 is 0 Å². The summed E-state index contributed by atoms with van der Waals surface area (Å²) in [6, 6.07) is 6.66. The van der Waals surface area contributed by atoms with Crippen LogP contribution in [0, 0.1) is 0 Å². The molecule has 0 unspecified atom stereocenters. The summed E-state index contributed by atoms with van der Waals surface area (Å²) in [5, 5.41) is 6.13. The number of alkyl halides is 3. The predicted octanol–water partition coefficient (Wildman–Crippen LogP) is 4.58. The Kier molecular flexibility index (Phi) is 3.72. The lowest BCUT2D eigenvalue weighted by atomic mass is 10.1. The summed E-state index contributed by atoms with van der Waals surface area (Å²) in [6.45, 7) is 0. The van der Waals surface area contributed by atoms with Crippen LogP contribution in [0.4, 0.5) is 13.2 Å². The van der Waals surface area contributed by atoms with Gasteiger partial charge in [-0.05, 0) is 18.4 Å². The van der Waals surface area contributed by atoms with E-state index in [1.54, 1.807) is 30.5 Å². The predicted molar refractivity (Wildman–Crippen MR) is 68.5 cm³/mol. The number of halogens is 4. The normalized spacial score (nSPS) is 11.8. The van der Waals surface area contributed by atoms with Crippen molar-refractivity contribution in [3.05, 3.63) is 34.3 Å². The fourth-order valence-corrected chi connectivity index (χ4v) is 2.55. The molecule has 7 heteroatoms. The number of nitrogens with zero attached hydrogens (tertiary/aromatic N) is 1. The third-order valence-electron chi connectivity index (χ3n) is 2.32. The summed E-state index contributed by atoms with van der Waals surface area (Å²) < 4.78 is 39.8. The molecule has 0 spiro atoms. The summed E-state index contributed by atoms with van der Waals surface area (Å²) in [5.74, 6) is 0. The topological polar surface area (TPSA) is 28.7 Å². The van der Waals surface area contributed by atoms with Gasteiger partial charge in [-0.1, -0.05) is 28.1 Å². The van der Waals surface area contributed by atoms with Gasteiger partial charge in [-0.25, -0.2) is 0 Å². The third kappa shape index (κ3) is 2.56. The fourth-order valence-electron chi connectivity index (χ4n) is 1.59. The van der Waals surface area contributed by atoms with Crippen LogP contribution >= 0.6 is 27.7 Å². The Labute approximate surface area is 114 Å². The van der Waals surface area contributed by atoms with E-state index in [-0.39, 0.29) is 10.7 Å². The number of hydrogen-bond donors (Lipinski definition) is 1. The van der Waals surface area contributed by atoms with Crippen molar-refractivity contribution in [3.8, 4) is 11.3 Å². The van der Waals surface area contributed by atoms with Gasteiger partial charge in [0.1, 0.15) is 10.6 Å². The number of benzene rings is 1. The molecule has 0 fully saturated rings. The lowest BCUT2D eigenvalue weighted by Crippen LogP contribution is -2.07. The zero-order valence-corrected chi connectivity index (χ0v) is 11.6. The molecular formula is C11H8BrF3N2S. The monoisotopic (exact) mass is 336 g/mol. The van der Waals surface area contributed by atoms with Crippen LogP contribution in [0.1, 0.15) is 5.56 Å². The van der Waals surface area contributed by atoms with Crippen LogP contribution in [0.3, 0.4) is 0 Å². The molecule has 0 amide bonds. The van der Waals surface area contributed by atoms with Gasteiger partial charge in [-0.2, -0.15) is 18.3 Å². The van der Waals surface area contributed by atoms with Crippen LogP contribution < -0.4 is 0 Å². The minimum absolute atomic E-state index is 0.00634. The Balaban J connectivity index is 2.62. The van der Waals surface area contributed by atoms with E-state index < -0.39 is 11.7 Å². The molecule has 0 radical (unpaired) electrons. The molecule has 2 rings (SSSR count). The van der Waals surface area contributed by atoms with Crippen molar-refractivity contribution in [2.75, 3.05) is 6.26 Å². The maximum atomic E-state index is 13.0. The number of rotatable bonds is 2. The number of thioether (sulfide) groups is 1. The zero-order valence-electron chi connectivity index (χ0n) is 9.18. The van der Waals surface area contributed by atoms with E-state index in [1.165, 1.54) is 0 Å². The van der Waals surface area contributed by atoms with Crippen LogP contribution in [0.2, 0.25) is 0 Å². The molecule has 1 aromatic heterocycles. The molecule has 2 aromatic rings. The van der Waals surface area contributed by atoms with Gasteiger partial charge in [0.25, 0.3) is 0 Å². The van der Waals surface area contributed by atoms with Gasteiger partial charge in [0, 0.05) is 10.0 Å². The van der Waals surface area contributed by atoms with Gasteiger partial charge < -0.3 is 0 Å². The Morgan fingerprint density at radius 2 is 2.06 bits per heavy atom. The highest BCUT2D eigenvalue weighted by Gasteiger charge is 2.38. The minimum Gasteiger partial charge on any atom is -0.276 e. The van der Waals surface area contributed by atoms with Crippen LogP contribution in [-0.2, 0) is 6.18 Å². The molecule has 1 aromatic carbocycles. The van der Waals surface area contributed by atoms with Crippen molar-refractivity contribution in [1.82, 2.24) is 10.2 Å².